The van der Waals surface area contributed by atoms with Crippen LogP contribution in [0.15, 0.2) is 0 Å². The van der Waals surface area contributed by atoms with E-state index in [4.69, 9.17) is 4.74 Å². The summed E-state index contributed by atoms with van der Waals surface area (Å²) in [6.45, 7) is 8.31. The van der Waals surface area contributed by atoms with Gasteiger partial charge >= 0.3 is 6.09 Å². The highest BCUT2D eigenvalue weighted by Gasteiger charge is 2.19. The minimum absolute atomic E-state index is 0.297. The number of hydrogen-bond acceptors (Lipinski definition) is 3. The predicted molar refractivity (Wildman–Crippen MR) is 69.1 cm³/mol. The molecule has 4 nitrogen and oxygen atoms in total. The molecule has 0 spiro atoms. The van der Waals surface area contributed by atoms with Crippen LogP contribution in [0.2, 0.25) is 0 Å². The van der Waals surface area contributed by atoms with E-state index in [0.717, 1.165) is 0 Å². The molecule has 17 heavy (non-hydrogen) atoms. The van der Waals surface area contributed by atoms with Gasteiger partial charge in [0.2, 0.25) is 0 Å². The molecule has 0 aromatic rings. The van der Waals surface area contributed by atoms with Crippen molar-refractivity contribution in [2.75, 3.05) is 6.54 Å². The second-order valence-corrected chi connectivity index (χ2v) is 5.93. The van der Waals surface area contributed by atoms with Crippen LogP contribution in [0.5, 0.6) is 0 Å². The molecule has 2 N–H and O–H groups in total. The Morgan fingerprint density at radius 1 is 1.35 bits per heavy atom. The van der Waals surface area contributed by atoms with Crippen LogP contribution in [-0.2, 0) is 4.74 Å². The monoisotopic (exact) mass is 242 g/mol. The van der Waals surface area contributed by atoms with Gasteiger partial charge in [-0.05, 0) is 40.5 Å². The van der Waals surface area contributed by atoms with Crippen LogP contribution < -0.4 is 10.6 Å². The van der Waals surface area contributed by atoms with Crippen molar-refractivity contribution in [3.63, 3.8) is 0 Å². The molecular formula is C13H26N2O2. The quantitative estimate of drug-likeness (QED) is 0.796. The van der Waals surface area contributed by atoms with Crippen molar-refractivity contribution in [3.8, 4) is 0 Å². The van der Waals surface area contributed by atoms with Crippen LogP contribution >= 0.6 is 0 Å². The maximum absolute atomic E-state index is 11.4. The number of carbonyl (C=O) groups is 1. The van der Waals surface area contributed by atoms with E-state index < -0.39 is 5.60 Å². The van der Waals surface area contributed by atoms with Crippen LogP contribution in [0.25, 0.3) is 0 Å². The third-order valence-electron chi connectivity index (χ3n) is 2.83. The smallest absolute Gasteiger partial charge is 0.407 e. The number of amides is 1. The summed E-state index contributed by atoms with van der Waals surface area (Å²) in [7, 11) is 0. The minimum atomic E-state index is -0.424. The molecule has 100 valence electrons. The number of hydrogen-bond donors (Lipinski definition) is 2. The lowest BCUT2D eigenvalue weighted by Gasteiger charge is -2.22. The first-order chi connectivity index (χ1) is 7.87. The van der Waals surface area contributed by atoms with E-state index in [1.165, 1.54) is 25.7 Å². The van der Waals surface area contributed by atoms with Gasteiger partial charge in [0, 0.05) is 18.6 Å². The van der Waals surface area contributed by atoms with Gasteiger partial charge in [0.15, 0.2) is 0 Å². The SMILES string of the molecule is C[C@@H](CNC(=O)OC(C)(C)C)NC1CCCC1. The van der Waals surface area contributed by atoms with E-state index in [1.807, 2.05) is 20.8 Å². The van der Waals surface area contributed by atoms with E-state index in [-0.39, 0.29) is 6.09 Å². The van der Waals surface area contributed by atoms with Crippen molar-refractivity contribution < 1.29 is 9.53 Å². The fraction of sp³-hybridized carbons (Fsp3) is 0.923. The van der Waals surface area contributed by atoms with Crippen molar-refractivity contribution in [1.82, 2.24) is 10.6 Å². The fourth-order valence-corrected chi connectivity index (χ4v) is 2.10. The number of rotatable bonds is 4. The summed E-state index contributed by atoms with van der Waals surface area (Å²) in [6, 6.07) is 0.927. The maximum atomic E-state index is 11.4. The van der Waals surface area contributed by atoms with E-state index in [0.29, 0.717) is 18.6 Å². The molecule has 0 aromatic carbocycles. The second-order valence-electron chi connectivity index (χ2n) is 5.93. The van der Waals surface area contributed by atoms with Crippen molar-refractivity contribution in [2.24, 2.45) is 0 Å². The molecule has 0 radical (unpaired) electrons. The minimum Gasteiger partial charge on any atom is -0.444 e. The Balaban J connectivity index is 2.14. The highest BCUT2D eigenvalue weighted by Crippen LogP contribution is 2.17. The molecule has 0 aromatic heterocycles. The van der Waals surface area contributed by atoms with Gasteiger partial charge in [-0.1, -0.05) is 12.8 Å². The van der Waals surface area contributed by atoms with Crippen molar-refractivity contribution in [2.45, 2.75) is 71.1 Å². The molecule has 1 fully saturated rings. The Labute approximate surface area is 104 Å². The van der Waals surface area contributed by atoms with Crippen LogP contribution in [0, 0.1) is 0 Å². The van der Waals surface area contributed by atoms with Gasteiger partial charge in [-0.3, -0.25) is 0 Å². The summed E-state index contributed by atoms with van der Waals surface area (Å²) in [5.41, 5.74) is -0.424. The zero-order valence-electron chi connectivity index (χ0n) is 11.5. The standard InChI is InChI=1S/C13H26N2O2/c1-10(15-11-7-5-6-8-11)9-14-12(16)17-13(2,3)4/h10-11,15H,5-9H2,1-4H3,(H,14,16)/t10-/m0/s1. The molecular weight excluding hydrogens is 216 g/mol. The molecule has 0 bridgehead atoms. The average Bonchev–Trinajstić information content (AvgIpc) is 2.64. The summed E-state index contributed by atoms with van der Waals surface area (Å²) in [5, 5.41) is 6.32. The topological polar surface area (TPSA) is 50.4 Å². The Hall–Kier alpha value is -0.770. The molecule has 1 aliphatic carbocycles. The molecule has 0 unspecified atom stereocenters. The molecule has 1 amide bonds. The van der Waals surface area contributed by atoms with Gasteiger partial charge in [0.1, 0.15) is 5.60 Å². The summed E-state index contributed by atoms with van der Waals surface area (Å²) in [4.78, 5) is 11.4. The lowest BCUT2D eigenvalue weighted by molar-refractivity contribution is 0.0522. The van der Waals surface area contributed by atoms with Crippen LogP contribution in [0.3, 0.4) is 0 Å². The number of nitrogens with one attached hydrogen (secondary N) is 2. The first kappa shape index (κ1) is 14.3. The third-order valence-corrected chi connectivity index (χ3v) is 2.83. The average molecular weight is 242 g/mol. The lowest BCUT2D eigenvalue weighted by atomic mass is 10.2. The Morgan fingerprint density at radius 2 is 1.94 bits per heavy atom. The Morgan fingerprint density at radius 3 is 2.47 bits per heavy atom. The fourth-order valence-electron chi connectivity index (χ4n) is 2.10. The highest BCUT2D eigenvalue weighted by molar-refractivity contribution is 5.67. The van der Waals surface area contributed by atoms with Gasteiger partial charge in [0.05, 0.1) is 0 Å². The first-order valence-electron chi connectivity index (χ1n) is 6.60. The van der Waals surface area contributed by atoms with E-state index in [9.17, 15) is 4.79 Å². The first-order valence-corrected chi connectivity index (χ1v) is 6.60. The molecule has 0 aliphatic heterocycles. The van der Waals surface area contributed by atoms with Crippen LogP contribution in [0.4, 0.5) is 4.79 Å². The summed E-state index contributed by atoms with van der Waals surface area (Å²) in [6.07, 6.45) is 4.83. The van der Waals surface area contributed by atoms with E-state index >= 15 is 0 Å². The van der Waals surface area contributed by atoms with Crippen molar-refractivity contribution in [1.29, 1.82) is 0 Å². The van der Waals surface area contributed by atoms with Gasteiger partial charge < -0.3 is 15.4 Å². The Bertz CT molecular complexity index is 242. The second kappa shape index (κ2) is 6.24. The highest BCUT2D eigenvalue weighted by atomic mass is 16.6. The maximum Gasteiger partial charge on any atom is 0.407 e. The van der Waals surface area contributed by atoms with Gasteiger partial charge in [0.25, 0.3) is 0 Å². The molecule has 1 saturated carbocycles. The molecule has 1 rings (SSSR count). The van der Waals surface area contributed by atoms with Gasteiger partial charge in [-0.15, -0.1) is 0 Å². The van der Waals surface area contributed by atoms with Crippen LogP contribution in [-0.4, -0.2) is 30.3 Å². The van der Waals surface area contributed by atoms with Crippen molar-refractivity contribution >= 4 is 6.09 Å². The molecule has 4 heteroatoms. The lowest BCUT2D eigenvalue weighted by Crippen LogP contribution is -2.44. The van der Waals surface area contributed by atoms with Crippen LogP contribution in [0.1, 0.15) is 53.4 Å². The molecule has 0 saturated heterocycles. The number of alkyl carbamates (subject to hydrolysis) is 1. The largest absolute Gasteiger partial charge is 0.444 e. The van der Waals surface area contributed by atoms with E-state index in [1.54, 1.807) is 0 Å². The molecule has 1 aliphatic rings. The number of ether oxygens (including phenoxy) is 1. The molecule has 1 atom stereocenters. The molecule has 0 heterocycles. The summed E-state index contributed by atoms with van der Waals surface area (Å²) >= 11 is 0. The zero-order chi connectivity index (χ0) is 12.9. The normalized spacial score (nSPS) is 19.1. The summed E-state index contributed by atoms with van der Waals surface area (Å²) < 4.78 is 5.18. The van der Waals surface area contributed by atoms with Crippen molar-refractivity contribution in [3.05, 3.63) is 0 Å². The predicted octanol–water partition coefficient (Wildman–Crippen LogP) is 2.43. The zero-order valence-corrected chi connectivity index (χ0v) is 11.5. The number of carbonyl (C=O) groups excluding carboxylic acids is 1. The third kappa shape index (κ3) is 6.51. The van der Waals surface area contributed by atoms with Gasteiger partial charge in [-0.2, -0.15) is 0 Å². The Kier molecular flexibility index (Phi) is 5.25. The van der Waals surface area contributed by atoms with Gasteiger partial charge in [-0.25, -0.2) is 4.79 Å². The van der Waals surface area contributed by atoms with E-state index in [2.05, 4.69) is 17.6 Å². The summed E-state index contributed by atoms with van der Waals surface area (Å²) in [5.74, 6) is 0.